The Kier molecular flexibility index (Phi) is 2.63. The molecule has 0 aromatic heterocycles. The maximum absolute atomic E-state index is 11.5. The highest BCUT2D eigenvalue weighted by Gasteiger charge is 2.12. The number of anilines is 1. The molecule has 1 aliphatic rings. The molecule has 0 spiro atoms. The number of para-hydroxylation sites is 1. The monoisotopic (exact) mass is 187 g/mol. The standard InChI is InChI=1S/C12H13NO/c14-12-9-5-4-8-11(12)13-10-6-2-1-3-7-10/h1-3,6-8,13H,4-5,9H2. The summed E-state index contributed by atoms with van der Waals surface area (Å²) in [7, 11) is 0. The molecule has 0 amide bonds. The molecule has 0 bridgehead atoms. The van der Waals surface area contributed by atoms with E-state index in [-0.39, 0.29) is 5.78 Å². The summed E-state index contributed by atoms with van der Waals surface area (Å²) in [4.78, 5) is 11.5. The number of ketones is 1. The van der Waals surface area contributed by atoms with Gasteiger partial charge in [0, 0.05) is 12.1 Å². The van der Waals surface area contributed by atoms with Gasteiger partial charge in [0.1, 0.15) is 0 Å². The quantitative estimate of drug-likeness (QED) is 0.771. The molecule has 0 atom stereocenters. The van der Waals surface area contributed by atoms with Gasteiger partial charge in [0.05, 0.1) is 5.70 Å². The van der Waals surface area contributed by atoms with E-state index in [1.165, 1.54) is 0 Å². The molecule has 1 N–H and O–H groups in total. The maximum Gasteiger partial charge on any atom is 0.178 e. The summed E-state index contributed by atoms with van der Waals surface area (Å²) >= 11 is 0. The molecule has 1 aromatic carbocycles. The van der Waals surface area contributed by atoms with E-state index < -0.39 is 0 Å². The normalized spacial score (nSPS) is 16.3. The van der Waals surface area contributed by atoms with Crippen LogP contribution >= 0.6 is 0 Å². The highest BCUT2D eigenvalue weighted by Crippen LogP contribution is 2.16. The molecule has 2 nitrogen and oxygen atoms in total. The zero-order valence-electron chi connectivity index (χ0n) is 7.99. The minimum absolute atomic E-state index is 0.222. The van der Waals surface area contributed by atoms with E-state index in [9.17, 15) is 4.79 Å². The van der Waals surface area contributed by atoms with Crippen molar-refractivity contribution in [2.75, 3.05) is 5.32 Å². The van der Waals surface area contributed by atoms with Gasteiger partial charge in [-0.05, 0) is 25.0 Å². The van der Waals surface area contributed by atoms with Crippen molar-refractivity contribution in [3.8, 4) is 0 Å². The Bertz CT molecular complexity index is 354. The number of rotatable bonds is 2. The summed E-state index contributed by atoms with van der Waals surface area (Å²) < 4.78 is 0. The Balaban J connectivity index is 2.11. The third-order valence-corrected chi connectivity index (χ3v) is 2.31. The van der Waals surface area contributed by atoms with Gasteiger partial charge in [0.2, 0.25) is 0 Å². The maximum atomic E-state index is 11.5. The fraction of sp³-hybridized carbons (Fsp3) is 0.250. The molecule has 0 saturated carbocycles. The first kappa shape index (κ1) is 9.00. The summed E-state index contributed by atoms with van der Waals surface area (Å²) in [5, 5.41) is 3.14. The van der Waals surface area contributed by atoms with Gasteiger partial charge < -0.3 is 5.32 Å². The number of hydrogen-bond donors (Lipinski definition) is 1. The minimum atomic E-state index is 0.222. The van der Waals surface area contributed by atoms with E-state index in [4.69, 9.17) is 0 Å². The van der Waals surface area contributed by atoms with Crippen LogP contribution in [-0.2, 0) is 4.79 Å². The molecule has 2 heteroatoms. The van der Waals surface area contributed by atoms with Crippen molar-refractivity contribution in [3.05, 3.63) is 42.1 Å². The zero-order valence-corrected chi connectivity index (χ0v) is 7.99. The summed E-state index contributed by atoms with van der Waals surface area (Å²) in [5.41, 5.74) is 1.73. The molecule has 0 heterocycles. The van der Waals surface area contributed by atoms with Crippen molar-refractivity contribution < 1.29 is 4.79 Å². The molecule has 0 fully saturated rings. The number of hydrogen-bond acceptors (Lipinski definition) is 2. The number of allylic oxidation sites excluding steroid dienone is 2. The fourth-order valence-electron chi connectivity index (χ4n) is 1.56. The van der Waals surface area contributed by atoms with Crippen molar-refractivity contribution in [2.24, 2.45) is 0 Å². The molecule has 0 unspecified atom stereocenters. The summed E-state index contributed by atoms with van der Waals surface area (Å²) in [5.74, 6) is 0.222. The lowest BCUT2D eigenvalue weighted by atomic mass is 10.0. The van der Waals surface area contributed by atoms with Crippen LogP contribution in [0.2, 0.25) is 0 Å². The molecule has 2 rings (SSSR count). The van der Waals surface area contributed by atoms with Crippen LogP contribution in [0, 0.1) is 0 Å². The van der Waals surface area contributed by atoms with Gasteiger partial charge in [-0.1, -0.05) is 24.3 Å². The second-order valence-electron chi connectivity index (χ2n) is 3.42. The molecular formula is C12H13NO. The van der Waals surface area contributed by atoms with Gasteiger partial charge in [0.15, 0.2) is 5.78 Å². The number of benzene rings is 1. The lowest BCUT2D eigenvalue weighted by Gasteiger charge is -2.13. The van der Waals surface area contributed by atoms with Crippen LogP contribution in [0.1, 0.15) is 19.3 Å². The Morgan fingerprint density at radius 1 is 1.14 bits per heavy atom. The van der Waals surface area contributed by atoms with Crippen molar-refractivity contribution in [1.82, 2.24) is 0 Å². The molecule has 72 valence electrons. The van der Waals surface area contributed by atoms with Crippen LogP contribution in [-0.4, -0.2) is 5.78 Å². The molecule has 1 aromatic rings. The SMILES string of the molecule is O=C1CCCC=C1Nc1ccccc1. The third-order valence-electron chi connectivity index (χ3n) is 2.31. The molecule has 14 heavy (non-hydrogen) atoms. The number of Topliss-reactive ketones (excluding diaryl/α,β-unsaturated/α-hetero) is 1. The van der Waals surface area contributed by atoms with Crippen molar-refractivity contribution >= 4 is 11.5 Å². The van der Waals surface area contributed by atoms with E-state index in [2.05, 4.69) is 5.32 Å². The molecule has 0 saturated heterocycles. The smallest absolute Gasteiger partial charge is 0.178 e. The first-order chi connectivity index (χ1) is 6.86. The molecule has 0 radical (unpaired) electrons. The average Bonchev–Trinajstić information content (AvgIpc) is 2.23. The summed E-state index contributed by atoms with van der Waals surface area (Å²) in [6, 6.07) is 9.79. The van der Waals surface area contributed by atoms with Crippen LogP contribution in [0.25, 0.3) is 0 Å². The zero-order chi connectivity index (χ0) is 9.80. The van der Waals surface area contributed by atoms with Crippen molar-refractivity contribution in [3.63, 3.8) is 0 Å². The second kappa shape index (κ2) is 4.09. The van der Waals surface area contributed by atoms with Crippen LogP contribution in [0.4, 0.5) is 5.69 Å². The van der Waals surface area contributed by atoms with Gasteiger partial charge in [-0.3, -0.25) is 4.79 Å². The highest BCUT2D eigenvalue weighted by molar-refractivity contribution is 5.98. The lowest BCUT2D eigenvalue weighted by molar-refractivity contribution is -0.115. The van der Waals surface area contributed by atoms with E-state index in [1.807, 2.05) is 36.4 Å². The summed E-state index contributed by atoms with van der Waals surface area (Å²) in [6.07, 6.45) is 4.64. The molecular weight excluding hydrogens is 174 g/mol. The number of nitrogens with one attached hydrogen (secondary N) is 1. The van der Waals surface area contributed by atoms with E-state index >= 15 is 0 Å². The molecule has 0 aliphatic heterocycles. The van der Waals surface area contributed by atoms with E-state index in [0.29, 0.717) is 6.42 Å². The second-order valence-corrected chi connectivity index (χ2v) is 3.42. The van der Waals surface area contributed by atoms with Gasteiger partial charge >= 0.3 is 0 Å². The van der Waals surface area contributed by atoms with Crippen LogP contribution in [0.15, 0.2) is 42.1 Å². The van der Waals surface area contributed by atoms with E-state index in [0.717, 1.165) is 24.2 Å². The van der Waals surface area contributed by atoms with Gasteiger partial charge in [0.25, 0.3) is 0 Å². The topological polar surface area (TPSA) is 29.1 Å². The van der Waals surface area contributed by atoms with Gasteiger partial charge in [-0.25, -0.2) is 0 Å². The van der Waals surface area contributed by atoms with Crippen molar-refractivity contribution in [2.45, 2.75) is 19.3 Å². The Morgan fingerprint density at radius 2 is 1.93 bits per heavy atom. The first-order valence-corrected chi connectivity index (χ1v) is 4.92. The number of carbonyl (C=O) groups is 1. The lowest BCUT2D eigenvalue weighted by Crippen LogP contribution is -2.14. The highest BCUT2D eigenvalue weighted by atomic mass is 16.1. The Hall–Kier alpha value is -1.57. The Morgan fingerprint density at radius 3 is 2.64 bits per heavy atom. The fourth-order valence-corrected chi connectivity index (χ4v) is 1.56. The average molecular weight is 187 g/mol. The van der Waals surface area contributed by atoms with Gasteiger partial charge in [-0.15, -0.1) is 0 Å². The molecule has 1 aliphatic carbocycles. The minimum Gasteiger partial charge on any atom is -0.353 e. The van der Waals surface area contributed by atoms with E-state index in [1.54, 1.807) is 0 Å². The number of carbonyl (C=O) groups excluding carboxylic acids is 1. The predicted molar refractivity (Wildman–Crippen MR) is 57.0 cm³/mol. The Labute approximate surface area is 83.6 Å². The van der Waals surface area contributed by atoms with Gasteiger partial charge in [-0.2, -0.15) is 0 Å². The van der Waals surface area contributed by atoms with Crippen molar-refractivity contribution in [1.29, 1.82) is 0 Å². The predicted octanol–water partition coefficient (Wildman–Crippen LogP) is 2.74. The van der Waals surface area contributed by atoms with Crippen LogP contribution in [0.5, 0.6) is 0 Å². The largest absolute Gasteiger partial charge is 0.353 e. The third kappa shape index (κ3) is 2.02. The first-order valence-electron chi connectivity index (χ1n) is 4.92. The van der Waals surface area contributed by atoms with Crippen LogP contribution in [0.3, 0.4) is 0 Å². The summed E-state index contributed by atoms with van der Waals surface area (Å²) in [6.45, 7) is 0. The van der Waals surface area contributed by atoms with Crippen LogP contribution < -0.4 is 5.32 Å².